The molecule has 1 fully saturated rings. The van der Waals surface area contributed by atoms with Crippen molar-refractivity contribution in [1.82, 2.24) is 4.90 Å². The lowest BCUT2D eigenvalue weighted by Gasteiger charge is -2.31. The summed E-state index contributed by atoms with van der Waals surface area (Å²) in [6, 6.07) is 5.40. The molecule has 5 heteroatoms. The van der Waals surface area contributed by atoms with Gasteiger partial charge in [0.1, 0.15) is 0 Å². The van der Waals surface area contributed by atoms with E-state index in [1.165, 1.54) is 0 Å². The predicted octanol–water partition coefficient (Wildman–Crippen LogP) is 3.23. The maximum absolute atomic E-state index is 12.4. The van der Waals surface area contributed by atoms with Crippen LogP contribution in [0.3, 0.4) is 0 Å². The minimum atomic E-state index is -0.310. The van der Waals surface area contributed by atoms with Crippen LogP contribution in [0, 0.1) is 12.8 Å². The second kappa shape index (κ2) is 5.68. The molecule has 1 N–H and O–H groups in total. The van der Waals surface area contributed by atoms with E-state index in [2.05, 4.69) is 5.32 Å². The third-order valence-corrected chi connectivity index (χ3v) is 4.24. The van der Waals surface area contributed by atoms with E-state index in [0.717, 1.165) is 5.56 Å². The Hall–Kier alpha value is -1.55. The number of benzene rings is 1. The summed E-state index contributed by atoms with van der Waals surface area (Å²) in [4.78, 5) is 26.2. The lowest BCUT2D eigenvalue weighted by Crippen LogP contribution is -2.42. The maximum Gasteiger partial charge on any atom is 0.229 e. The Morgan fingerprint density at radius 3 is 2.62 bits per heavy atom. The number of nitrogens with one attached hydrogen (secondary N) is 1. The second-order valence-electron chi connectivity index (χ2n) is 6.48. The van der Waals surface area contributed by atoms with E-state index >= 15 is 0 Å². The molecular weight excluding hydrogens is 288 g/mol. The van der Waals surface area contributed by atoms with Crippen molar-refractivity contribution in [3.8, 4) is 0 Å². The van der Waals surface area contributed by atoms with Crippen molar-refractivity contribution < 1.29 is 9.59 Å². The van der Waals surface area contributed by atoms with E-state index in [-0.39, 0.29) is 29.7 Å². The highest BCUT2D eigenvalue weighted by Gasteiger charge is 2.39. The van der Waals surface area contributed by atoms with Gasteiger partial charge in [-0.05, 0) is 45.4 Å². The van der Waals surface area contributed by atoms with Crippen molar-refractivity contribution in [1.29, 1.82) is 0 Å². The topological polar surface area (TPSA) is 49.4 Å². The van der Waals surface area contributed by atoms with Crippen LogP contribution in [0.1, 0.15) is 32.8 Å². The first-order valence-corrected chi connectivity index (χ1v) is 7.44. The molecule has 0 aliphatic carbocycles. The van der Waals surface area contributed by atoms with Gasteiger partial charge in [-0.25, -0.2) is 0 Å². The average Bonchev–Trinajstić information content (AvgIpc) is 2.77. The SMILES string of the molecule is Cc1c(Cl)cccc1NC(=O)C1CC(=O)N(C(C)(C)C)C1. The molecule has 114 valence electrons. The smallest absolute Gasteiger partial charge is 0.229 e. The van der Waals surface area contributed by atoms with Gasteiger partial charge in [-0.15, -0.1) is 0 Å². The molecule has 1 aromatic rings. The lowest BCUT2D eigenvalue weighted by molar-refractivity contribution is -0.131. The molecule has 0 bridgehead atoms. The van der Waals surface area contributed by atoms with Gasteiger partial charge in [-0.1, -0.05) is 17.7 Å². The molecule has 1 aromatic carbocycles. The summed E-state index contributed by atoms with van der Waals surface area (Å²) in [5.41, 5.74) is 1.29. The Morgan fingerprint density at radius 1 is 1.38 bits per heavy atom. The zero-order chi connectivity index (χ0) is 15.8. The molecule has 2 rings (SSSR count). The highest BCUT2D eigenvalue weighted by atomic mass is 35.5. The highest BCUT2D eigenvalue weighted by Crippen LogP contribution is 2.28. The molecular formula is C16H21ClN2O2. The molecule has 2 amide bonds. The number of amides is 2. The van der Waals surface area contributed by atoms with Crippen LogP contribution in [0.2, 0.25) is 5.02 Å². The molecule has 1 saturated heterocycles. The van der Waals surface area contributed by atoms with Crippen LogP contribution in [0.4, 0.5) is 5.69 Å². The molecule has 0 aromatic heterocycles. The van der Waals surface area contributed by atoms with Gasteiger partial charge >= 0.3 is 0 Å². The summed E-state index contributed by atoms with van der Waals surface area (Å²) in [6.45, 7) is 8.26. The summed E-state index contributed by atoms with van der Waals surface area (Å²) in [7, 11) is 0. The number of anilines is 1. The average molecular weight is 309 g/mol. The van der Waals surface area contributed by atoms with Gasteiger partial charge < -0.3 is 10.2 Å². The van der Waals surface area contributed by atoms with Crippen molar-refractivity contribution in [3.63, 3.8) is 0 Å². The minimum absolute atomic E-state index is 0.0328. The predicted molar refractivity (Wildman–Crippen MR) is 84.4 cm³/mol. The van der Waals surface area contributed by atoms with E-state index in [0.29, 0.717) is 17.3 Å². The Kier molecular flexibility index (Phi) is 4.28. The van der Waals surface area contributed by atoms with Crippen LogP contribution in [0.15, 0.2) is 18.2 Å². The summed E-state index contributed by atoms with van der Waals surface area (Å²) in [5.74, 6) is -0.402. The van der Waals surface area contributed by atoms with Gasteiger partial charge in [-0.2, -0.15) is 0 Å². The molecule has 1 heterocycles. The summed E-state index contributed by atoms with van der Waals surface area (Å²) >= 11 is 6.05. The molecule has 0 saturated carbocycles. The van der Waals surface area contributed by atoms with E-state index in [1.54, 1.807) is 17.0 Å². The molecule has 1 unspecified atom stereocenters. The number of hydrogen-bond acceptors (Lipinski definition) is 2. The zero-order valence-corrected chi connectivity index (χ0v) is 13.6. The van der Waals surface area contributed by atoms with Crippen LogP contribution >= 0.6 is 11.6 Å². The van der Waals surface area contributed by atoms with Gasteiger partial charge in [0.15, 0.2) is 0 Å². The normalized spacial score (nSPS) is 19.0. The van der Waals surface area contributed by atoms with Crippen LogP contribution in [0.25, 0.3) is 0 Å². The first kappa shape index (κ1) is 15.8. The number of carbonyl (C=O) groups excluding carboxylic acids is 2. The van der Waals surface area contributed by atoms with E-state index in [9.17, 15) is 9.59 Å². The standard InChI is InChI=1S/C16H21ClN2O2/c1-10-12(17)6-5-7-13(10)18-15(21)11-8-14(20)19(9-11)16(2,3)4/h5-7,11H,8-9H2,1-4H3,(H,18,21). The number of carbonyl (C=O) groups is 2. The molecule has 1 aliphatic heterocycles. The number of likely N-dealkylation sites (tertiary alicyclic amines) is 1. The van der Waals surface area contributed by atoms with Crippen molar-refractivity contribution in [3.05, 3.63) is 28.8 Å². The Balaban J connectivity index is 2.09. The van der Waals surface area contributed by atoms with Crippen molar-refractivity contribution in [2.24, 2.45) is 5.92 Å². The first-order chi connectivity index (χ1) is 9.70. The fourth-order valence-electron chi connectivity index (χ4n) is 2.51. The zero-order valence-electron chi connectivity index (χ0n) is 12.9. The summed E-state index contributed by atoms with van der Waals surface area (Å²) < 4.78 is 0. The van der Waals surface area contributed by atoms with Crippen molar-refractivity contribution >= 4 is 29.1 Å². The quantitative estimate of drug-likeness (QED) is 0.912. The van der Waals surface area contributed by atoms with E-state index in [4.69, 9.17) is 11.6 Å². The van der Waals surface area contributed by atoms with Gasteiger partial charge in [0.25, 0.3) is 0 Å². The fourth-order valence-corrected chi connectivity index (χ4v) is 2.68. The first-order valence-electron chi connectivity index (χ1n) is 7.06. The van der Waals surface area contributed by atoms with Crippen molar-refractivity contribution in [2.75, 3.05) is 11.9 Å². The second-order valence-corrected chi connectivity index (χ2v) is 6.89. The third kappa shape index (κ3) is 3.38. The Labute approximate surface area is 130 Å². The molecule has 1 atom stereocenters. The fraction of sp³-hybridized carbons (Fsp3) is 0.500. The molecule has 0 radical (unpaired) electrons. The number of halogens is 1. The highest BCUT2D eigenvalue weighted by molar-refractivity contribution is 6.31. The monoisotopic (exact) mass is 308 g/mol. The van der Waals surface area contributed by atoms with Crippen LogP contribution in [-0.2, 0) is 9.59 Å². The van der Waals surface area contributed by atoms with E-state index in [1.807, 2.05) is 33.8 Å². The Bertz CT molecular complexity index is 578. The van der Waals surface area contributed by atoms with Gasteiger partial charge in [0.2, 0.25) is 11.8 Å². The van der Waals surface area contributed by atoms with Crippen molar-refractivity contribution in [2.45, 2.75) is 39.7 Å². The number of rotatable bonds is 2. The minimum Gasteiger partial charge on any atom is -0.337 e. The molecule has 21 heavy (non-hydrogen) atoms. The summed E-state index contributed by atoms with van der Waals surface area (Å²) in [6.07, 6.45) is 0.267. The number of hydrogen-bond donors (Lipinski definition) is 1. The molecule has 0 spiro atoms. The summed E-state index contributed by atoms with van der Waals surface area (Å²) in [5, 5.41) is 3.50. The lowest BCUT2D eigenvalue weighted by atomic mass is 10.1. The molecule has 1 aliphatic rings. The van der Waals surface area contributed by atoms with Gasteiger partial charge in [0, 0.05) is 29.2 Å². The number of nitrogens with zero attached hydrogens (tertiary/aromatic N) is 1. The van der Waals surface area contributed by atoms with Crippen LogP contribution in [-0.4, -0.2) is 28.8 Å². The van der Waals surface area contributed by atoms with E-state index < -0.39 is 0 Å². The van der Waals surface area contributed by atoms with Gasteiger partial charge in [0.05, 0.1) is 5.92 Å². The molecule has 4 nitrogen and oxygen atoms in total. The van der Waals surface area contributed by atoms with Crippen LogP contribution in [0.5, 0.6) is 0 Å². The largest absolute Gasteiger partial charge is 0.337 e. The maximum atomic E-state index is 12.4. The van der Waals surface area contributed by atoms with Gasteiger partial charge in [-0.3, -0.25) is 9.59 Å². The third-order valence-electron chi connectivity index (χ3n) is 3.83. The Morgan fingerprint density at radius 2 is 2.05 bits per heavy atom. The van der Waals surface area contributed by atoms with Crippen LogP contribution < -0.4 is 5.32 Å².